The Morgan fingerprint density at radius 3 is 3.00 bits per heavy atom. The van der Waals surface area contributed by atoms with Crippen LogP contribution < -0.4 is 15.4 Å². The summed E-state index contributed by atoms with van der Waals surface area (Å²) in [5.41, 5.74) is 1.26. The minimum Gasteiger partial charge on any atom is -0.482 e. The maximum atomic E-state index is 11.7. The molecule has 0 aliphatic carbocycles. The topological polar surface area (TPSA) is 67.4 Å². The van der Waals surface area contributed by atoms with E-state index >= 15 is 0 Å². The van der Waals surface area contributed by atoms with E-state index in [4.69, 9.17) is 4.74 Å². The molecule has 1 aromatic rings. The molecule has 0 aromatic heterocycles. The molecule has 102 valence electrons. The van der Waals surface area contributed by atoms with Gasteiger partial charge in [0.15, 0.2) is 6.61 Å². The second-order valence-corrected chi connectivity index (χ2v) is 5.03. The maximum Gasteiger partial charge on any atom is 0.262 e. The van der Waals surface area contributed by atoms with Gasteiger partial charge in [0.05, 0.1) is 5.69 Å². The van der Waals surface area contributed by atoms with Gasteiger partial charge in [-0.2, -0.15) is 0 Å². The molecule has 0 unspecified atom stereocenters. The first-order valence-electron chi connectivity index (χ1n) is 6.41. The first-order valence-corrected chi connectivity index (χ1v) is 6.41. The smallest absolute Gasteiger partial charge is 0.262 e. The van der Waals surface area contributed by atoms with Crippen LogP contribution in [0.3, 0.4) is 0 Å². The Morgan fingerprint density at radius 1 is 1.47 bits per heavy atom. The van der Waals surface area contributed by atoms with Crippen LogP contribution >= 0.6 is 0 Å². The molecule has 2 rings (SSSR count). The van der Waals surface area contributed by atoms with E-state index in [9.17, 15) is 9.59 Å². The van der Waals surface area contributed by atoms with Crippen LogP contribution in [0.4, 0.5) is 11.4 Å². The molecule has 1 aromatic carbocycles. The van der Waals surface area contributed by atoms with E-state index in [0.717, 1.165) is 6.42 Å². The third-order valence-electron chi connectivity index (χ3n) is 2.84. The van der Waals surface area contributed by atoms with E-state index in [1.54, 1.807) is 18.2 Å². The van der Waals surface area contributed by atoms with E-state index in [2.05, 4.69) is 24.5 Å². The average molecular weight is 262 g/mol. The molecule has 19 heavy (non-hydrogen) atoms. The monoisotopic (exact) mass is 262 g/mol. The van der Waals surface area contributed by atoms with E-state index < -0.39 is 0 Å². The summed E-state index contributed by atoms with van der Waals surface area (Å²) in [4.78, 5) is 22.9. The number of rotatable bonds is 4. The molecule has 0 radical (unpaired) electrons. The van der Waals surface area contributed by atoms with Crippen LogP contribution in [0.15, 0.2) is 18.2 Å². The zero-order chi connectivity index (χ0) is 13.8. The molecule has 0 saturated carbocycles. The van der Waals surface area contributed by atoms with E-state index in [1.165, 1.54) is 0 Å². The molecule has 0 saturated heterocycles. The van der Waals surface area contributed by atoms with Crippen molar-refractivity contribution in [3.8, 4) is 5.75 Å². The number of anilines is 2. The van der Waals surface area contributed by atoms with Gasteiger partial charge in [0.2, 0.25) is 5.91 Å². The van der Waals surface area contributed by atoms with Crippen molar-refractivity contribution >= 4 is 23.2 Å². The number of nitrogens with one attached hydrogen (secondary N) is 2. The van der Waals surface area contributed by atoms with Crippen molar-refractivity contribution in [2.45, 2.75) is 26.7 Å². The fourth-order valence-corrected chi connectivity index (χ4v) is 1.80. The zero-order valence-electron chi connectivity index (χ0n) is 11.2. The van der Waals surface area contributed by atoms with Crippen molar-refractivity contribution in [1.29, 1.82) is 0 Å². The lowest BCUT2D eigenvalue weighted by atomic mass is 10.1. The largest absolute Gasteiger partial charge is 0.482 e. The Hall–Kier alpha value is -2.04. The van der Waals surface area contributed by atoms with E-state index in [0.29, 0.717) is 29.5 Å². The Morgan fingerprint density at radius 2 is 2.26 bits per heavy atom. The number of ether oxygens (including phenoxy) is 1. The highest BCUT2D eigenvalue weighted by Gasteiger charge is 2.16. The van der Waals surface area contributed by atoms with Gasteiger partial charge < -0.3 is 15.4 Å². The van der Waals surface area contributed by atoms with Crippen LogP contribution in [-0.4, -0.2) is 18.4 Å². The maximum absolute atomic E-state index is 11.7. The molecule has 2 N–H and O–H groups in total. The van der Waals surface area contributed by atoms with E-state index in [-0.39, 0.29) is 18.4 Å². The van der Waals surface area contributed by atoms with Crippen molar-refractivity contribution in [3.05, 3.63) is 18.2 Å². The van der Waals surface area contributed by atoms with Crippen LogP contribution in [0.1, 0.15) is 26.7 Å². The predicted octanol–water partition coefficient (Wildman–Crippen LogP) is 2.39. The lowest BCUT2D eigenvalue weighted by Crippen LogP contribution is -2.25. The Labute approximate surface area is 112 Å². The SMILES string of the molecule is CC(C)CCC(=O)Nc1ccc2c(c1)NC(=O)CO2. The minimum absolute atomic E-state index is 0.0169. The van der Waals surface area contributed by atoms with Gasteiger partial charge in [0.25, 0.3) is 5.91 Å². The molecule has 1 aliphatic rings. The lowest BCUT2D eigenvalue weighted by molar-refractivity contribution is -0.118. The minimum atomic E-state index is -0.184. The number of hydrogen-bond acceptors (Lipinski definition) is 3. The second-order valence-electron chi connectivity index (χ2n) is 5.03. The molecule has 5 nitrogen and oxygen atoms in total. The van der Waals surface area contributed by atoms with Gasteiger partial charge in [-0.15, -0.1) is 0 Å². The summed E-state index contributed by atoms with van der Waals surface area (Å²) in [6.07, 6.45) is 1.36. The fraction of sp³-hybridized carbons (Fsp3) is 0.429. The molecule has 0 fully saturated rings. The molecule has 0 spiro atoms. The van der Waals surface area contributed by atoms with Gasteiger partial charge in [0, 0.05) is 12.1 Å². The molecule has 0 atom stereocenters. The molecule has 1 aliphatic heterocycles. The average Bonchev–Trinajstić information content (AvgIpc) is 2.36. The number of fused-ring (bicyclic) bond motifs is 1. The molecule has 2 amide bonds. The van der Waals surface area contributed by atoms with Crippen LogP contribution in [0.25, 0.3) is 0 Å². The Bertz CT molecular complexity index is 497. The second kappa shape index (κ2) is 5.73. The van der Waals surface area contributed by atoms with Gasteiger partial charge in [-0.05, 0) is 30.5 Å². The summed E-state index contributed by atoms with van der Waals surface area (Å²) in [5, 5.41) is 5.52. The van der Waals surface area contributed by atoms with Crippen molar-refractivity contribution < 1.29 is 14.3 Å². The molecule has 1 heterocycles. The summed E-state index contributed by atoms with van der Waals surface area (Å²) in [5.74, 6) is 0.925. The Balaban J connectivity index is 2.00. The lowest BCUT2D eigenvalue weighted by Gasteiger charge is -2.18. The molecule has 0 bridgehead atoms. The van der Waals surface area contributed by atoms with Crippen LogP contribution in [0, 0.1) is 5.92 Å². The number of hydrogen-bond donors (Lipinski definition) is 2. The van der Waals surface area contributed by atoms with Gasteiger partial charge in [-0.3, -0.25) is 9.59 Å². The highest BCUT2D eigenvalue weighted by atomic mass is 16.5. The summed E-state index contributed by atoms with van der Waals surface area (Å²) in [7, 11) is 0. The summed E-state index contributed by atoms with van der Waals surface area (Å²) >= 11 is 0. The van der Waals surface area contributed by atoms with Crippen molar-refractivity contribution in [2.24, 2.45) is 5.92 Å². The first-order chi connectivity index (χ1) is 9.04. The number of benzene rings is 1. The quantitative estimate of drug-likeness (QED) is 0.875. The van der Waals surface area contributed by atoms with Gasteiger partial charge in [0.1, 0.15) is 5.75 Å². The number of carbonyl (C=O) groups excluding carboxylic acids is 2. The predicted molar refractivity (Wildman–Crippen MR) is 73.3 cm³/mol. The van der Waals surface area contributed by atoms with Crippen molar-refractivity contribution in [2.75, 3.05) is 17.2 Å². The first kappa shape index (κ1) is 13.4. The van der Waals surface area contributed by atoms with Crippen LogP contribution in [-0.2, 0) is 9.59 Å². The normalized spacial score (nSPS) is 13.5. The van der Waals surface area contributed by atoms with Gasteiger partial charge in [-0.1, -0.05) is 13.8 Å². The third-order valence-corrected chi connectivity index (χ3v) is 2.84. The fourth-order valence-electron chi connectivity index (χ4n) is 1.80. The Kier molecular flexibility index (Phi) is 4.04. The van der Waals surface area contributed by atoms with Crippen LogP contribution in [0.2, 0.25) is 0 Å². The highest BCUT2D eigenvalue weighted by Crippen LogP contribution is 2.30. The summed E-state index contributed by atoms with van der Waals surface area (Å²) < 4.78 is 5.25. The van der Waals surface area contributed by atoms with Gasteiger partial charge >= 0.3 is 0 Å². The van der Waals surface area contributed by atoms with E-state index in [1.807, 2.05) is 0 Å². The van der Waals surface area contributed by atoms with Crippen molar-refractivity contribution in [3.63, 3.8) is 0 Å². The number of carbonyl (C=O) groups is 2. The highest BCUT2D eigenvalue weighted by molar-refractivity contribution is 5.97. The third kappa shape index (κ3) is 3.71. The van der Waals surface area contributed by atoms with Gasteiger partial charge in [-0.25, -0.2) is 0 Å². The molecule has 5 heteroatoms. The molecular weight excluding hydrogens is 244 g/mol. The molecular formula is C14H18N2O3. The summed E-state index contributed by atoms with van der Waals surface area (Å²) in [6, 6.07) is 5.22. The standard InChI is InChI=1S/C14H18N2O3/c1-9(2)3-6-13(17)15-10-4-5-12-11(7-10)16-14(18)8-19-12/h4-5,7,9H,3,6,8H2,1-2H3,(H,15,17)(H,16,18). The summed E-state index contributed by atoms with van der Waals surface area (Å²) in [6.45, 7) is 4.20. The van der Waals surface area contributed by atoms with Crippen molar-refractivity contribution in [1.82, 2.24) is 0 Å². The zero-order valence-corrected chi connectivity index (χ0v) is 11.2. The number of amides is 2. The van der Waals surface area contributed by atoms with Crippen LogP contribution in [0.5, 0.6) is 5.75 Å².